The fraction of sp³-hybridized carbons (Fsp3) is 0.226. The van der Waals surface area contributed by atoms with E-state index < -0.39 is 0 Å². The first-order chi connectivity index (χ1) is 20.3. The maximum atomic E-state index is 13.6. The molecule has 2 aliphatic heterocycles. The van der Waals surface area contributed by atoms with E-state index in [9.17, 15) is 14.4 Å². The largest absolute Gasteiger partial charge is 0.457 e. The number of benzene rings is 2. The zero-order valence-electron chi connectivity index (χ0n) is 23.0. The third kappa shape index (κ3) is 5.19. The molecule has 1 saturated heterocycles. The first kappa shape index (κ1) is 27.7. The molecule has 6 rings (SSSR count). The predicted octanol–water partition coefficient (Wildman–Crippen LogP) is 6.94. The minimum atomic E-state index is -0.377. The molecule has 0 radical (unpaired) electrons. The predicted molar refractivity (Wildman–Crippen MR) is 165 cm³/mol. The number of amides is 4. The van der Waals surface area contributed by atoms with E-state index in [1.807, 2.05) is 55.5 Å². The normalized spacial score (nSPS) is 16.8. The highest BCUT2D eigenvalue weighted by Gasteiger charge is 2.34. The Morgan fingerprint density at radius 3 is 2.71 bits per heavy atom. The number of hydrogen-bond donors (Lipinski definition) is 2. The number of carbonyl (C=O) groups is 3. The quantitative estimate of drug-likeness (QED) is 0.233. The number of halogens is 1. The number of allylic oxidation sites excluding steroid dienone is 1. The Hall–Kier alpha value is -4.41. The van der Waals surface area contributed by atoms with Crippen molar-refractivity contribution in [2.75, 3.05) is 23.3 Å². The number of hydrogen-bond acceptors (Lipinski definition) is 6. The number of para-hydroxylation sites is 1. The summed E-state index contributed by atoms with van der Waals surface area (Å²) in [6, 6.07) is 16.2. The number of pyridine rings is 1. The summed E-state index contributed by atoms with van der Waals surface area (Å²) in [5.41, 5.74) is 2.62. The Kier molecular flexibility index (Phi) is 7.57. The van der Waals surface area contributed by atoms with Crippen LogP contribution >= 0.6 is 22.9 Å². The van der Waals surface area contributed by atoms with Gasteiger partial charge in [-0.15, -0.1) is 11.3 Å². The topological polar surface area (TPSA) is 104 Å². The molecule has 2 aliphatic rings. The van der Waals surface area contributed by atoms with Crippen molar-refractivity contribution in [1.29, 1.82) is 0 Å². The molecule has 4 heterocycles. The van der Waals surface area contributed by atoms with Crippen molar-refractivity contribution < 1.29 is 19.1 Å². The number of carbonyl (C=O) groups excluding carboxylic acids is 3. The number of piperidine rings is 1. The van der Waals surface area contributed by atoms with Crippen LogP contribution in [0.5, 0.6) is 11.5 Å². The molecule has 0 spiro atoms. The van der Waals surface area contributed by atoms with Crippen LogP contribution in [0.2, 0.25) is 0 Å². The summed E-state index contributed by atoms with van der Waals surface area (Å²) < 4.78 is 5.97. The second kappa shape index (κ2) is 11.5. The van der Waals surface area contributed by atoms with Crippen LogP contribution in [0.4, 0.5) is 21.9 Å². The maximum absolute atomic E-state index is 13.6. The Bertz CT molecular complexity index is 1740. The van der Waals surface area contributed by atoms with Crippen molar-refractivity contribution >= 4 is 68.1 Å². The number of nitrogens with one attached hydrogen (secondary N) is 2. The Morgan fingerprint density at radius 1 is 1.14 bits per heavy atom. The van der Waals surface area contributed by atoms with Crippen molar-refractivity contribution in [2.45, 2.75) is 32.7 Å². The lowest BCUT2D eigenvalue weighted by Gasteiger charge is -2.33. The lowest BCUT2D eigenvalue weighted by Crippen LogP contribution is -2.49. The van der Waals surface area contributed by atoms with E-state index in [0.717, 1.165) is 24.2 Å². The highest BCUT2D eigenvalue weighted by atomic mass is 35.5. The molecule has 4 amide bonds. The van der Waals surface area contributed by atoms with Gasteiger partial charge in [0.2, 0.25) is 0 Å². The highest BCUT2D eigenvalue weighted by molar-refractivity contribution is 7.21. The molecule has 11 heteroatoms. The van der Waals surface area contributed by atoms with Crippen LogP contribution in [0.3, 0.4) is 0 Å². The lowest BCUT2D eigenvalue weighted by molar-refractivity contribution is -0.127. The molecule has 4 aromatic rings. The number of urea groups is 1. The molecule has 214 valence electrons. The van der Waals surface area contributed by atoms with Crippen LogP contribution in [-0.4, -0.2) is 46.9 Å². The van der Waals surface area contributed by atoms with Crippen LogP contribution in [0.15, 0.2) is 71.9 Å². The number of nitrogens with zero attached hydrogens (tertiary/aromatic N) is 3. The van der Waals surface area contributed by atoms with E-state index >= 15 is 0 Å². The van der Waals surface area contributed by atoms with Gasteiger partial charge >= 0.3 is 6.03 Å². The summed E-state index contributed by atoms with van der Waals surface area (Å²) in [6.45, 7) is 4.58. The van der Waals surface area contributed by atoms with Crippen molar-refractivity contribution in [3.05, 3.63) is 82.3 Å². The van der Waals surface area contributed by atoms with Gasteiger partial charge in [0.1, 0.15) is 26.2 Å². The Balaban J connectivity index is 1.27. The second-order valence-electron chi connectivity index (χ2n) is 10.1. The number of aromatic nitrogens is 1. The summed E-state index contributed by atoms with van der Waals surface area (Å²) in [6.07, 6.45) is 4.69. The molecule has 1 fully saturated rings. The SMILES string of the molecule is CC=C(Cl)C(=O)N1CCCC(NC(=O)c2sc3nccc4c3c2NC(=O)N4c2ccc(Oc3ccccc3)cc2C)C1. The van der Waals surface area contributed by atoms with Gasteiger partial charge in [0, 0.05) is 25.3 Å². The van der Waals surface area contributed by atoms with E-state index in [1.165, 1.54) is 11.3 Å². The summed E-state index contributed by atoms with van der Waals surface area (Å²) in [5, 5.41) is 6.87. The van der Waals surface area contributed by atoms with Crippen LogP contribution in [0.25, 0.3) is 10.2 Å². The minimum Gasteiger partial charge on any atom is -0.457 e. The van der Waals surface area contributed by atoms with Gasteiger partial charge in [-0.3, -0.25) is 14.5 Å². The van der Waals surface area contributed by atoms with Gasteiger partial charge in [-0.25, -0.2) is 9.78 Å². The lowest BCUT2D eigenvalue weighted by atomic mass is 10.0. The van der Waals surface area contributed by atoms with E-state index in [1.54, 1.807) is 35.1 Å². The van der Waals surface area contributed by atoms with Crippen LogP contribution in [0.1, 0.15) is 35.0 Å². The molecular formula is C31H28ClN5O4S. The molecule has 0 aliphatic carbocycles. The molecule has 2 aromatic carbocycles. The number of ether oxygens (including phenoxy) is 1. The molecule has 1 unspecified atom stereocenters. The first-order valence-corrected chi connectivity index (χ1v) is 14.8. The average Bonchev–Trinajstić information content (AvgIpc) is 3.37. The summed E-state index contributed by atoms with van der Waals surface area (Å²) in [7, 11) is 0. The number of thiophene rings is 1. The molecule has 0 saturated carbocycles. The van der Waals surface area contributed by atoms with Crippen molar-refractivity contribution in [3.8, 4) is 11.5 Å². The van der Waals surface area contributed by atoms with E-state index in [4.69, 9.17) is 16.3 Å². The molecule has 9 nitrogen and oxygen atoms in total. The van der Waals surface area contributed by atoms with Gasteiger partial charge in [-0.05, 0) is 68.7 Å². The van der Waals surface area contributed by atoms with Crippen LogP contribution in [-0.2, 0) is 4.79 Å². The zero-order chi connectivity index (χ0) is 29.4. The minimum absolute atomic E-state index is 0.162. The van der Waals surface area contributed by atoms with Gasteiger partial charge in [0.15, 0.2) is 0 Å². The van der Waals surface area contributed by atoms with Gasteiger partial charge in [0.25, 0.3) is 11.8 Å². The number of aryl methyl sites for hydroxylation is 1. The van der Waals surface area contributed by atoms with Gasteiger partial charge < -0.3 is 20.3 Å². The number of rotatable bonds is 6. The molecule has 2 aromatic heterocycles. The van der Waals surface area contributed by atoms with Crippen molar-refractivity contribution in [2.24, 2.45) is 0 Å². The second-order valence-corrected chi connectivity index (χ2v) is 11.6. The third-order valence-electron chi connectivity index (χ3n) is 7.34. The highest BCUT2D eigenvalue weighted by Crippen LogP contribution is 2.46. The van der Waals surface area contributed by atoms with Crippen molar-refractivity contribution in [1.82, 2.24) is 15.2 Å². The molecule has 1 atom stereocenters. The Morgan fingerprint density at radius 2 is 1.95 bits per heavy atom. The molecule has 2 N–H and O–H groups in total. The number of anilines is 3. The zero-order valence-corrected chi connectivity index (χ0v) is 24.6. The first-order valence-electron chi connectivity index (χ1n) is 13.6. The monoisotopic (exact) mass is 601 g/mol. The molecule has 0 bridgehead atoms. The third-order valence-corrected chi connectivity index (χ3v) is 8.82. The number of likely N-dealkylation sites (tertiary alicyclic amines) is 1. The van der Waals surface area contributed by atoms with E-state index in [2.05, 4.69) is 15.6 Å². The van der Waals surface area contributed by atoms with Crippen LogP contribution < -0.4 is 20.3 Å². The fourth-order valence-corrected chi connectivity index (χ4v) is 6.50. The van der Waals surface area contributed by atoms with Crippen LogP contribution in [0, 0.1) is 6.92 Å². The fourth-order valence-electron chi connectivity index (χ4n) is 5.36. The molecular weight excluding hydrogens is 574 g/mol. The summed E-state index contributed by atoms with van der Waals surface area (Å²) >= 11 is 7.28. The summed E-state index contributed by atoms with van der Waals surface area (Å²) in [4.78, 5) is 48.4. The van der Waals surface area contributed by atoms with Gasteiger partial charge in [-0.2, -0.15) is 0 Å². The maximum Gasteiger partial charge on any atom is 0.331 e. The summed E-state index contributed by atoms with van der Waals surface area (Å²) in [5.74, 6) is 0.818. The van der Waals surface area contributed by atoms with Crippen molar-refractivity contribution in [3.63, 3.8) is 0 Å². The average molecular weight is 602 g/mol. The van der Waals surface area contributed by atoms with E-state index in [-0.39, 0.29) is 28.9 Å². The van der Waals surface area contributed by atoms with Gasteiger partial charge in [0.05, 0.1) is 22.4 Å². The van der Waals surface area contributed by atoms with Gasteiger partial charge in [-0.1, -0.05) is 35.9 Å². The van der Waals surface area contributed by atoms with E-state index in [0.29, 0.717) is 51.0 Å². The smallest absolute Gasteiger partial charge is 0.331 e. The standard InChI is InChI=1S/C31H28ClN5O4S/c1-3-22(32)30(39)36-15-7-8-19(17-36)34-28(38)27-26-25-24(13-14-33-29(25)42-27)37(31(40)35-26)23-12-11-21(16-18(23)2)41-20-9-5-4-6-10-20/h3-6,9-14,16,19H,7-8,15,17H2,1-2H3,(H,34,38)(H,35,40). The Labute approximate surface area is 251 Å². The molecule has 42 heavy (non-hydrogen) atoms.